The van der Waals surface area contributed by atoms with Gasteiger partial charge in [0, 0.05) is 0 Å². The highest BCUT2D eigenvalue weighted by Crippen LogP contribution is 2.46. The van der Waals surface area contributed by atoms with Gasteiger partial charge >= 0.3 is 0 Å². The topological polar surface area (TPSA) is 0 Å². The van der Waals surface area contributed by atoms with Crippen LogP contribution in [0, 0.1) is 0 Å². The van der Waals surface area contributed by atoms with E-state index in [9.17, 15) is 0 Å². The van der Waals surface area contributed by atoms with E-state index in [2.05, 4.69) is 160 Å². The van der Waals surface area contributed by atoms with Gasteiger partial charge in [0.2, 0.25) is 0 Å². The Morgan fingerprint density at radius 2 is 0.929 bits per heavy atom. The van der Waals surface area contributed by atoms with E-state index in [1.165, 1.54) is 81.7 Å². The minimum absolute atomic E-state index is 0.0424. The summed E-state index contributed by atoms with van der Waals surface area (Å²) >= 11 is 0. The third-order valence-corrected chi connectivity index (χ3v) is 8.91. The van der Waals surface area contributed by atoms with E-state index >= 15 is 0 Å². The minimum Gasteiger partial charge on any atom is -0.0616 e. The first-order valence-corrected chi connectivity index (χ1v) is 14.9. The lowest BCUT2D eigenvalue weighted by molar-refractivity contribution is 0.601. The van der Waals surface area contributed by atoms with E-state index in [-0.39, 0.29) is 5.41 Å². The fourth-order valence-electron chi connectivity index (χ4n) is 7.18. The van der Waals surface area contributed by atoms with Crippen molar-refractivity contribution >= 4 is 53.9 Å². The van der Waals surface area contributed by atoms with Crippen LogP contribution in [0.5, 0.6) is 0 Å². The molecule has 0 saturated heterocycles. The maximum absolute atomic E-state index is 2.47. The van der Waals surface area contributed by atoms with Crippen molar-refractivity contribution < 1.29 is 0 Å². The molecule has 0 N–H and O–H groups in total. The molecule has 0 aromatic heterocycles. The first kappa shape index (κ1) is 24.8. The zero-order chi connectivity index (χ0) is 28.4. The summed E-state index contributed by atoms with van der Waals surface area (Å²) in [6.45, 7) is 7.05. The number of fused-ring (bicyclic) bond motifs is 6. The molecule has 42 heavy (non-hydrogen) atoms. The summed E-state index contributed by atoms with van der Waals surface area (Å²) in [7, 11) is 0. The molecule has 8 aromatic carbocycles. The highest BCUT2D eigenvalue weighted by molar-refractivity contribution is 6.20. The van der Waals surface area contributed by atoms with Crippen LogP contribution in [0.3, 0.4) is 0 Å². The van der Waals surface area contributed by atoms with Gasteiger partial charge in [0.1, 0.15) is 0 Å². The van der Waals surface area contributed by atoms with Gasteiger partial charge in [-0.3, -0.25) is 0 Å². The number of benzene rings is 8. The lowest BCUT2D eigenvalue weighted by Gasteiger charge is -2.27. The molecule has 200 valence electrons. The molecule has 0 nitrogen and oxygen atoms in total. The van der Waals surface area contributed by atoms with Gasteiger partial charge in [0.05, 0.1) is 0 Å². The van der Waals surface area contributed by atoms with Gasteiger partial charge in [-0.1, -0.05) is 148 Å². The molecule has 0 bridgehead atoms. The summed E-state index contributed by atoms with van der Waals surface area (Å²) in [4.78, 5) is 0. The van der Waals surface area contributed by atoms with Crippen LogP contribution in [-0.4, -0.2) is 0 Å². The molecule has 0 atom stereocenters. The molecule has 0 unspecified atom stereocenters. The van der Waals surface area contributed by atoms with E-state index in [0.717, 1.165) is 0 Å². The zero-order valence-electron chi connectivity index (χ0n) is 24.3. The van der Waals surface area contributed by atoms with Crippen molar-refractivity contribution in [1.82, 2.24) is 0 Å². The lowest BCUT2D eigenvalue weighted by Crippen LogP contribution is -2.13. The van der Waals surface area contributed by atoms with Crippen molar-refractivity contribution in [2.45, 2.75) is 26.2 Å². The number of hydrogen-bond donors (Lipinski definition) is 0. The van der Waals surface area contributed by atoms with Crippen LogP contribution >= 0.6 is 0 Å². The molecule has 0 amide bonds. The SMILES string of the molecule is CC(C)(C)c1c2ccccc2c(-c2cccc3ccccc23)c2ccc(-c3cc4ccccc4c4ccccc34)cc12. The van der Waals surface area contributed by atoms with Crippen LogP contribution in [0.1, 0.15) is 26.3 Å². The van der Waals surface area contributed by atoms with Crippen LogP contribution < -0.4 is 0 Å². The van der Waals surface area contributed by atoms with E-state index in [0.29, 0.717) is 0 Å². The largest absolute Gasteiger partial charge is 0.0616 e. The highest BCUT2D eigenvalue weighted by atomic mass is 14.3. The summed E-state index contributed by atoms with van der Waals surface area (Å²) < 4.78 is 0. The summed E-state index contributed by atoms with van der Waals surface area (Å²) in [6, 6.07) is 51.7. The highest BCUT2D eigenvalue weighted by Gasteiger charge is 2.24. The third kappa shape index (κ3) is 3.76. The molecule has 0 heteroatoms. The van der Waals surface area contributed by atoms with Crippen molar-refractivity contribution in [2.24, 2.45) is 0 Å². The van der Waals surface area contributed by atoms with Crippen LogP contribution in [0.2, 0.25) is 0 Å². The molecular formula is C42H32. The second kappa shape index (κ2) is 9.29. The van der Waals surface area contributed by atoms with Gasteiger partial charge in [0.25, 0.3) is 0 Å². The van der Waals surface area contributed by atoms with Gasteiger partial charge in [-0.15, -0.1) is 0 Å². The molecule has 0 aliphatic rings. The van der Waals surface area contributed by atoms with E-state index < -0.39 is 0 Å². The second-order valence-corrected chi connectivity index (χ2v) is 12.5. The molecule has 8 rings (SSSR count). The minimum atomic E-state index is -0.0424. The quantitative estimate of drug-likeness (QED) is 0.152. The van der Waals surface area contributed by atoms with Gasteiger partial charge in [-0.05, 0) is 99.2 Å². The van der Waals surface area contributed by atoms with Gasteiger partial charge in [0.15, 0.2) is 0 Å². The third-order valence-electron chi connectivity index (χ3n) is 8.91. The molecule has 0 spiro atoms. The van der Waals surface area contributed by atoms with Crippen LogP contribution in [-0.2, 0) is 5.41 Å². The first-order valence-electron chi connectivity index (χ1n) is 14.9. The fraction of sp³-hybridized carbons (Fsp3) is 0.0952. The average Bonchev–Trinajstić information content (AvgIpc) is 3.02. The molecular weight excluding hydrogens is 504 g/mol. The number of hydrogen-bond acceptors (Lipinski definition) is 0. The second-order valence-electron chi connectivity index (χ2n) is 12.5. The van der Waals surface area contributed by atoms with Gasteiger partial charge < -0.3 is 0 Å². The predicted octanol–water partition coefficient (Wildman–Crippen LogP) is 12.1. The van der Waals surface area contributed by atoms with Crippen molar-refractivity contribution in [3.8, 4) is 22.3 Å². The van der Waals surface area contributed by atoms with Gasteiger partial charge in [-0.25, -0.2) is 0 Å². The first-order chi connectivity index (χ1) is 20.5. The van der Waals surface area contributed by atoms with Crippen LogP contribution in [0.25, 0.3) is 76.1 Å². The standard InChI is InChI=1S/C42H32/c1-42(2,3)41-37-21-11-10-20-35(37)40(34-22-12-15-27-13-4-6-16-30(27)34)36-24-23-29(26-39(36)41)38-25-28-14-5-7-17-31(28)32-18-8-9-19-33(32)38/h4-26H,1-3H3. The van der Waals surface area contributed by atoms with Crippen LogP contribution in [0.15, 0.2) is 140 Å². The van der Waals surface area contributed by atoms with Crippen molar-refractivity contribution in [2.75, 3.05) is 0 Å². The van der Waals surface area contributed by atoms with E-state index in [1.807, 2.05) is 0 Å². The van der Waals surface area contributed by atoms with Crippen molar-refractivity contribution in [3.63, 3.8) is 0 Å². The molecule has 0 saturated carbocycles. The summed E-state index contributed by atoms with van der Waals surface area (Å²) in [5.41, 5.74) is 6.52. The molecule has 0 heterocycles. The normalized spacial score (nSPS) is 12.2. The van der Waals surface area contributed by atoms with Gasteiger partial charge in [-0.2, -0.15) is 0 Å². The van der Waals surface area contributed by atoms with Crippen molar-refractivity contribution in [3.05, 3.63) is 145 Å². The Labute approximate surface area is 246 Å². The maximum Gasteiger partial charge on any atom is -0.00204 e. The summed E-state index contributed by atoms with van der Waals surface area (Å²) in [5.74, 6) is 0. The molecule has 0 aliphatic heterocycles. The van der Waals surface area contributed by atoms with Crippen LogP contribution in [0.4, 0.5) is 0 Å². The smallest absolute Gasteiger partial charge is 0.00204 e. The Morgan fingerprint density at radius 1 is 0.357 bits per heavy atom. The Balaban J connectivity index is 1.53. The summed E-state index contributed by atoms with van der Waals surface area (Å²) in [5, 5.41) is 13.0. The Bertz CT molecular complexity index is 2320. The monoisotopic (exact) mass is 536 g/mol. The van der Waals surface area contributed by atoms with E-state index in [4.69, 9.17) is 0 Å². The average molecular weight is 537 g/mol. The van der Waals surface area contributed by atoms with Crippen molar-refractivity contribution in [1.29, 1.82) is 0 Å². The maximum atomic E-state index is 2.47. The Kier molecular flexibility index (Phi) is 5.49. The Morgan fingerprint density at radius 3 is 1.69 bits per heavy atom. The zero-order valence-corrected chi connectivity index (χ0v) is 24.3. The summed E-state index contributed by atoms with van der Waals surface area (Å²) in [6.07, 6.45) is 0. The fourth-order valence-corrected chi connectivity index (χ4v) is 7.18. The predicted molar refractivity (Wildman–Crippen MR) is 184 cm³/mol. The molecule has 8 aromatic rings. The Hall–Kier alpha value is -4.94. The lowest BCUT2D eigenvalue weighted by atomic mass is 9.77. The number of rotatable bonds is 2. The molecule has 0 aliphatic carbocycles. The van der Waals surface area contributed by atoms with E-state index in [1.54, 1.807) is 0 Å². The molecule has 0 radical (unpaired) electrons. The molecule has 0 fully saturated rings.